The van der Waals surface area contributed by atoms with Gasteiger partial charge < -0.3 is 15.1 Å². The number of nitrogens with one attached hydrogen (secondary N) is 1. The quantitative estimate of drug-likeness (QED) is 0.608. The minimum atomic E-state index is 0.0665. The molecule has 0 spiro atoms. The topological polar surface area (TPSA) is 52.7 Å². The summed E-state index contributed by atoms with van der Waals surface area (Å²) in [5.41, 5.74) is 0. The molecule has 0 aromatic rings. The fourth-order valence-corrected chi connectivity index (χ4v) is 2.21. The largest absolute Gasteiger partial charge is 0.336 e. The molecular formula is C10H17N3O2. The third-order valence-electron chi connectivity index (χ3n) is 3.16. The van der Waals surface area contributed by atoms with Gasteiger partial charge in [-0.2, -0.15) is 0 Å². The Morgan fingerprint density at radius 1 is 1.33 bits per heavy atom. The average molecular weight is 211 g/mol. The van der Waals surface area contributed by atoms with Gasteiger partial charge in [0.1, 0.15) is 0 Å². The van der Waals surface area contributed by atoms with Crippen LogP contribution in [0, 0.1) is 0 Å². The summed E-state index contributed by atoms with van der Waals surface area (Å²) >= 11 is 0. The second kappa shape index (κ2) is 4.18. The summed E-state index contributed by atoms with van der Waals surface area (Å²) in [6.45, 7) is 2.64. The number of carbonyl (C=O) groups excluding carboxylic acids is 2. The van der Waals surface area contributed by atoms with Gasteiger partial charge in [0.05, 0.1) is 6.54 Å². The lowest BCUT2D eigenvalue weighted by Gasteiger charge is -2.26. The minimum absolute atomic E-state index is 0.0665. The van der Waals surface area contributed by atoms with Crippen LogP contribution in [0.4, 0.5) is 0 Å². The number of nitrogens with zero attached hydrogens (tertiary/aromatic N) is 2. The van der Waals surface area contributed by atoms with Crippen LogP contribution in [0.25, 0.3) is 0 Å². The third kappa shape index (κ3) is 2.12. The van der Waals surface area contributed by atoms with Gasteiger partial charge in [0, 0.05) is 32.6 Å². The molecule has 5 nitrogen and oxygen atoms in total. The molecule has 1 atom stereocenters. The van der Waals surface area contributed by atoms with Gasteiger partial charge in [-0.05, 0) is 13.0 Å². The van der Waals surface area contributed by atoms with E-state index in [-0.39, 0.29) is 24.4 Å². The first-order valence-electron chi connectivity index (χ1n) is 5.42. The van der Waals surface area contributed by atoms with Crippen molar-refractivity contribution in [3.05, 3.63) is 0 Å². The lowest BCUT2D eigenvalue weighted by atomic mass is 10.2. The van der Waals surface area contributed by atoms with Gasteiger partial charge >= 0.3 is 0 Å². The van der Waals surface area contributed by atoms with E-state index in [9.17, 15) is 9.59 Å². The van der Waals surface area contributed by atoms with Gasteiger partial charge in [-0.25, -0.2) is 0 Å². The highest BCUT2D eigenvalue weighted by atomic mass is 16.2. The molecule has 1 N–H and O–H groups in total. The van der Waals surface area contributed by atoms with Crippen molar-refractivity contribution in [3.8, 4) is 0 Å². The van der Waals surface area contributed by atoms with E-state index in [1.54, 1.807) is 7.05 Å². The molecule has 5 heteroatoms. The molecule has 0 bridgehead atoms. The number of hydrogen-bond acceptors (Lipinski definition) is 3. The normalized spacial score (nSPS) is 28.5. The van der Waals surface area contributed by atoms with Crippen LogP contribution in [0.1, 0.15) is 12.8 Å². The summed E-state index contributed by atoms with van der Waals surface area (Å²) < 4.78 is 0. The molecule has 0 saturated carbocycles. The van der Waals surface area contributed by atoms with Gasteiger partial charge in [-0.1, -0.05) is 0 Å². The molecule has 2 fully saturated rings. The first-order chi connectivity index (χ1) is 7.18. The van der Waals surface area contributed by atoms with Crippen LogP contribution in [0.3, 0.4) is 0 Å². The van der Waals surface area contributed by atoms with Crippen molar-refractivity contribution in [2.45, 2.75) is 18.9 Å². The molecule has 2 heterocycles. The Balaban J connectivity index is 2.05. The predicted octanol–water partition coefficient (Wildman–Crippen LogP) is -0.961. The number of amides is 2. The summed E-state index contributed by atoms with van der Waals surface area (Å²) in [6, 6.07) is 0.289. The molecule has 0 aliphatic carbocycles. The van der Waals surface area contributed by atoms with Crippen LogP contribution < -0.4 is 5.32 Å². The fraction of sp³-hybridized carbons (Fsp3) is 0.800. The number of likely N-dealkylation sites (N-methyl/N-ethyl adjacent to an activating group) is 1. The summed E-state index contributed by atoms with van der Waals surface area (Å²) in [5, 5.41) is 3.24. The first kappa shape index (κ1) is 10.4. The van der Waals surface area contributed by atoms with Crippen molar-refractivity contribution in [1.82, 2.24) is 15.1 Å². The summed E-state index contributed by atoms with van der Waals surface area (Å²) in [6.07, 6.45) is 1.46. The standard InChI is InChI=1S/C10H17N3O2/c1-12-7-10(15)13(5-3-9(12)14)8-2-4-11-6-8/h8,11H,2-7H2,1H3. The van der Waals surface area contributed by atoms with Crippen LogP contribution in [-0.4, -0.2) is 60.9 Å². The Labute approximate surface area is 89.4 Å². The molecule has 2 aliphatic rings. The van der Waals surface area contributed by atoms with E-state index in [1.807, 2.05) is 4.90 Å². The Morgan fingerprint density at radius 3 is 2.80 bits per heavy atom. The second-order valence-electron chi connectivity index (χ2n) is 4.23. The highest BCUT2D eigenvalue weighted by Gasteiger charge is 2.30. The van der Waals surface area contributed by atoms with Crippen LogP contribution >= 0.6 is 0 Å². The molecule has 2 rings (SSSR count). The number of carbonyl (C=O) groups is 2. The zero-order valence-electron chi connectivity index (χ0n) is 9.03. The lowest BCUT2D eigenvalue weighted by molar-refractivity contribution is -0.136. The van der Waals surface area contributed by atoms with E-state index in [2.05, 4.69) is 5.32 Å². The van der Waals surface area contributed by atoms with E-state index in [4.69, 9.17) is 0 Å². The van der Waals surface area contributed by atoms with Gasteiger partial charge in [0.2, 0.25) is 11.8 Å². The van der Waals surface area contributed by atoms with Crippen molar-refractivity contribution < 1.29 is 9.59 Å². The maximum absolute atomic E-state index is 11.9. The van der Waals surface area contributed by atoms with Crippen LogP contribution in [0.2, 0.25) is 0 Å². The molecule has 2 saturated heterocycles. The molecule has 0 aromatic carbocycles. The molecule has 15 heavy (non-hydrogen) atoms. The zero-order valence-corrected chi connectivity index (χ0v) is 9.03. The van der Waals surface area contributed by atoms with Gasteiger partial charge in [0.25, 0.3) is 0 Å². The van der Waals surface area contributed by atoms with E-state index < -0.39 is 0 Å². The van der Waals surface area contributed by atoms with Crippen molar-refractivity contribution >= 4 is 11.8 Å². The van der Waals surface area contributed by atoms with Crippen molar-refractivity contribution in [1.29, 1.82) is 0 Å². The molecule has 2 amide bonds. The summed E-state index contributed by atoms with van der Waals surface area (Å²) in [4.78, 5) is 26.7. The summed E-state index contributed by atoms with van der Waals surface area (Å²) in [5.74, 6) is 0.147. The maximum atomic E-state index is 11.9. The Bertz CT molecular complexity index is 274. The molecule has 2 aliphatic heterocycles. The highest BCUT2D eigenvalue weighted by Crippen LogP contribution is 2.13. The van der Waals surface area contributed by atoms with Gasteiger partial charge in [0.15, 0.2) is 0 Å². The maximum Gasteiger partial charge on any atom is 0.242 e. The van der Waals surface area contributed by atoms with Crippen LogP contribution in [0.15, 0.2) is 0 Å². The monoisotopic (exact) mass is 211 g/mol. The van der Waals surface area contributed by atoms with E-state index >= 15 is 0 Å². The van der Waals surface area contributed by atoms with E-state index in [1.165, 1.54) is 4.90 Å². The molecule has 0 radical (unpaired) electrons. The first-order valence-corrected chi connectivity index (χ1v) is 5.42. The lowest BCUT2D eigenvalue weighted by Crippen LogP contribution is -2.43. The van der Waals surface area contributed by atoms with Crippen molar-refractivity contribution in [2.75, 3.05) is 33.2 Å². The Morgan fingerprint density at radius 2 is 2.13 bits per heavy atom. The molecule has 84 valence electrons. The highest BCUT2D eigenvalue weighted by molar-refractivity contribution is 5.87. The van der Waals surface area contributed by atoms with Crippen molar-refractivity contribution in [3.63, 3.8) is 0 Å². The number of rotatable bonds is 1. The van der Waals surface area contributed by atoms with Gasteiger partial charge in [-0.3, -0.25) is 9.59 Å². The second-order valence-corrected chi connectivity index (χ2v) is 4.23. The smallest absolute Gasteiger partial charge is 0.242 e. The number of hydrogen-bond donors (Lipinski definition) is 1. The molecule has 1 unspecified atom stereocenters. The zero-order chi connectivity index (χ0) is 10.8. The van der Waals surface area contributed by atoms with Crippen LogP contribution in [-0.2, 0) is 9.59 Å². The minimum Gasteiger partial charge on any atom is -0.336 e. The third-order valence-corrected chi connectivity index (χ3v) is 3.16. The molecular weight excluding hydrogens is 194 g/mol. The Kier molecular flexibility index (Phi) is 2.90. The fourth-order valence-electron chi connectivity index (χ4n) is 2.21. The van der Waals surface area contributed by atoms with E-state index in [0.717, 1.165) is 19.5 Å². The Hall–Kier alpha value is -1.10. The predicted molar refractivity (Wildman–Crippen MR) is 55.2 cm³/mol. The van der Waals surface area contributed by atoms with E-state index in [0.29, 0.717) is 13.0 Å². The SMILES string of the molecule is CN1CC(=O)N(C2CCNC2)CCC1=O. The van der Waals surface area contributed by atoms with Crippen LogP contribution in [0.5, 0.6) is 0 Å². The molecule has 0 aromatic heterocycles. The van der Waals surface area contributed by atoms with Gasteiger partial charge in [-0.15, -0.1) is 0 Å². The average Bonchev–Trinajstić information content (AvgIpc) is 2.67. The van der Waals surface area contributed by atoms with Crippen molar-refractivity contribution in [2.24, 2.45) is 0 Å². The summed E-state index contributed by atoms with van der Waals surface area (Å²) in [7, 11) is 1.69.